The Kier molecular flexibility index (Phi) is 5.58. The molecule has 0 aliphatic carbocycles. The summed E-state index contributed by atoms with van der Waals surface area (Å²) in [6.45, 7) is 8.41. The third-order valence-corrected chi connectivity index (χ3v) is 3.23. The number of piperidine rings is 1. The minimum atomic E-state index is -0.0819. The van der Waals surface area contributed by atoms with E-state index in [-0.39, 0.29) is 6.10 Å². The molecule has 1 rings (SSSR count). The van der Waals surface area contributed by atoms with Crippen LogP contribution in [0.2, 0.25) is 0 Å². The van der Waals surface area contributed by atoms with Crippen LogP contribution in [0.4, 0.5) is 0 Å². The van der Waals surface area contributed by atoms with Gasteiger partial charge in [0.15, 0.2) is 0 Å². The first-order valence-corrected chi connectivity index (χ1v) is 6.24. The quantitative estimate of drug-likeness (QED) is 0.719. The second kappa shape index (κ2) is 6.46. The molecule has 1 aliphatic rings. The molecule has 0 unspecified atom stereocenters. The maximum absolute atomic E-state index is 9.91. The summed E-state index contributed by atoms with van der Waals surface area (Å²) in [6.07, 6.45) is 3.06. The summed E-state index contributed by atoms with van der Waals surface area (Å²) >= 11 is 0. The van der Waals surface area contributed by atoms with Crippen LogP contribution in [0.15, 0.2) is 0 Å². The average molecular weight is 214 g/mol. The van der Waals surface area contributed by atoms with Crippen LogP contribution in [0.3, 0.4) is 0 Å². The van der Waals surface area contributed by atoms with Crippen molar-refractivity contribution in [2.45, 2.75) is 39.2 Å². The second-order valence-corrected chi connectivity index (χ2v) is 5.19. The molecule has 3 N–H and O–H groups in total. The molecule has 0 aromatic rings. The highest BCUT2D eigenvalue weighted by molar-refractivity contribution is 4.80. The lowest BCUT2D eigenvalue weighted by atomic mass is 9.87. The minimum absolute atomic E-state index is 0.0819. The van der Waals surface area contributed by atoms with Gasteiger partial charge in [0.05, 0.1) is 6.10 Å². The van der Waals surface area contributed by atoms with Gasteiger partial charge in [-0.3, -0.25) is 0 Å². The molecule has 0 bridgehead atoms. The third-order valence-electron chi connectivity index (χ3n) is 3.23. The molecule has 90 valence electrons. The van der Waals surface area contributed by atoms with Gasteiger partial charge in [-0.2, -0.15) is 0 Å². The summed E-state index contributed by atoms with van der Waals surface area (Å²) in [5.74, 6) is 1.15. The molecule has 0 saturated carbocycles. The number of hydrogen-bond acceptors (Lipinski definition) is 3. The number of rotatable bonds is 5. The lowest BCUT2D eigenvalue weighted by molar-refractivity contribution is 0.0175. The van der Waals surface area contributed by atoms with Crippen molar-refractivity contribution in [3.8, 4) is 0 Å². The lowest BCUT2D eigenvalue weighted by Gasteiger charge is -2.37. The largest absolute Gasteiger partial charge is 0.393 e. The van der Waals surface area contributed by atoms with E-state index in [1.165, 1.54) is 0 Å². The Bertz CT molecular complexity index is 171. The summed E-state index contributed by atoms with van der Waals surface area (Å²) in [5.41, 5.74) is 5.51. The van der Waals surface area contributed by atoms with E-state index in [0.29, 0.717) is 11.8 Å². The molecular weight excluding hydrogens is 188 g/mol. The van der Waals surface area contributed by atoms with E-state index >= 15 is 0 Å². The van der Waals surface area contributed by atoms with Gasteiger partial charge in [-0.1, -0.05) is 13.8 Å². The zero-order valence-electron chi connectivity index (χ0n) is 10.2. The summed E-state index contributed by atoms with van der Waals surface area (Å²) < 4.78 is 0. The monoisotopic (exact) mass is 214 g/mol. The molecule has 1 heterocycles. The van der Waals surface area contributed by atoms with Crippen molar-refractivity contribution in [3.63, 3.8) is 0 Å². The zero-order valence-corrected chi connectivity index (χ0v) is 10.2. The van der Waals surface area contributed by atoms with E-state index in [1.54, 1.807) is 0 Å². The van der Waals surface area contributed by atoms with Crippen molar-refractivity contribution in [1.29, 1.82) is 0 Å². The van der Waals surface area contributed by atoms with Crippen LogP contribution in [0.5, 0.6) is 0 Å². The Morgan fingerprint density at radius 2 is 2.20 bits per heavy atom. The zero-order chi connectivity index (χ0) is 11.3. The fourth-order valence-corrected chi connectivity index (χ4v) is 2.45. The molecule has 1 aliphatic heterocycles. The smallest absolute Gasteiger partial charge is 0.0592 e. The molecular formula is C12H26N2O. The van der Waals surface area contributed by atoms with E-state index in [9.17, 15) is 5.11 Å². The fraction of sp³-hybridized carbons (Fsp3) is 1.00. The maximum Gasteiger partial charge on any atom is 0.0592 e. The Labute approximate surface area is 93.6 Å². The number of aliphatic hydroxyl groups excluding tert-OH is 1. The van der Waals surface area contributed by atoms with E-state index in [1.807, 2.05) is 0 Å². The molecule has 0 aromatic carbocycles. The van der Waals surface area contributed by atoms with Gasteiger partial charge in [0.1, 0.15) is 0 Å². The molecule has 0 radical (unpaired) electrons. The minimum Gasteiger partial charge on any atom is -0.393 e. The van der Waals surface area contributed by atoms with Gasteiger partial charge in [0.25, 0.3) is 0 Å². The van der Waals surface area contributed by atoms with E-state index in [0.717, 1.165) is 45.4 Å². The molecule has 15 heavy (non-hydrogen) atoms. The highest BCUT2D eigenvalue weighted by Crippen LogP contribution is 2.23. The predicted molar refractivity (Wildman–Crippen MR) is 63.7 cm³/mol. The van der Waals surface area contributed by atoms with E-state index in [4.69, 9.17) is 5.73 Å². The number of aliphatic hydroxyl groups is 1. The molecule has 0 spiro atoms. The Morgan fingerprint density at radius 1 is 1.47 bits per heavy atom. The van der Waals surface area contributed by atoms with Crippen LogP contribution in [-0.4, -0.2) is 42.3 Å². The summed E-state index contributed by atoms with van der Waals surface area (Å²) in [5, 5.41) is 9.91. The maximum atomic E-state index is 9.91. The normalized spacial score (nSPS) is 28.6. The van der Waals surface area contributed by atoms with Gasteiger partial charge in [0.2, 0.25) is 0 Å². The van der Waals surface area contributed by atoms with Gasteiger partial charge in [-0.25, -0.2) is 0 Å². The highest BCUT2D eigenvalue weighted by atomic mass is 16.3. The summed E-state index contributed by atoms with van der Waals surface area (Å²) in [7, 11) is 0. The first-order chi connectivity index (χ1) is 7.13. The molecule has 1 saturated heterocycles. The van der Waals surface area contributed by atoms with Crippen LogP contribution in [-0.2, 0) is 0 Å². The number of nitrogens with zero attached hydrogens (tertiary/aromatic N) is 1. The first kappa shape index (κ1) is 12.9. The van der Waals surface area contributed by atoms with Crippen molar-refractivity contribution in [3.05, 3.63) is 0 Å². The van der Waals surface area contributed by atoms with Crippen LogP contribution in [0.1, 0.15) is 33.1 Å². The van der Waals surface area contributed by atoms with Crippen molar-refractivity contribution in [1.82, 2.24) is 4.90 Å². The van der Waals surface area contributed by atoms with Crippen molar-refractivity contribution < 1.29 is 5.11 Å². The molecule has 3 heteroatoms. The van der Waals surface area contributed by atoms with Gasteiger partial charge in [-0.05, 0) is 44.2 Å². The summed E-state index contributed by atoms with van der Waals surface area (Å²) in [6, 6.07) is 0. The van der Waals surface area contributed by atoms with Crippen LogP contribution >= 0.6 is 0 Å². The van der Waals surface area contributed by atoms with Gasteiger partial charge < -0.3 is 15.7 Å². The first-order valence-electron chi connectivity index (χ1n) is 6.24. The Balaban J connectivity index is 2.34. The average Bonchev–Trinajstić information content (AvgIpc) is 2.18. The third kappa shape index (κ3) is 4.49. The summed E-state index contributed by atoms with van der Waals surface area (Å²) in [4.78, 5) is 2.45. The predicted octanol–water partition coefficient (Wildman–Crippen LogP) is 1.06. The molecule has 2 atom stereocenters. The molecule has 0 aromatic heterocycles. The molecule has 1 fully saturated rings. The standard InChI is InChI=1S/C12H26N2O/c1-10(2)8-11-9-14(6-3-5-13)7-4-12(11)15/h10-12,15H,3-9,13H2,1-2H3/t11-,12-/m1/s1. The lowest BCUT2D eigenvalue weighted by Crippen LogP contribution is -2.44. The fourth-order valence-electron chi connectivity index (χ4n) is 2.45. The number of nitrogens with two attached hydrogens (primary N) is 1. The van der Waals surface area contributed by atoms with Crippen molar-refractivity contribution >= 4 is 0 Å². The van der Waals surface area contributed by atoms with Gasteiger partial charge in [0, 0.05) is 13.1 Å². The van der Waals surface area contributed by atoms with Crippen molar-refractivity contribution in [2.24, 2.45) is 17.6 Å². The molecule has 0 amide bonds. The molecule has 3 nitrogen and oxygen atoms in total. The van der Waals surface area contributed by atoms with Crippen LogP contribution in [0.25, 0.3) is 0 Å². The number of likely N-dealkylation sites (tertiary alicyclic amines) is 1. The number of hydrogen-bond donors (Lipinski definition) is 2. The van der Waals surface area contributed by atoms with E-state index < -0.39 is 0 Å². The second-order valence-electron chi connectivity index (χ2n) is 5.19. The van der Waals surface area contributed by atoms with Gasteiger partial charge >= 0.3 is 0 Å². The van der Waals surface area contributed by atoms with Gasteiger partial charge in [-0.15, -0.1) is 0 Å². The van der Waals surface area contributed by atoms with E-state index in [2.05, 4.69) is 18.7 Å². The van der Waals surface area contributed by atoms with Crippen molar-refractivity contribution in [2.75, 3.05) is 26.2 Å². The topological polar surface area (TPSA) is 49.5 Å². The van der Waals surface area contributed by atoms with Crippen LogP contribution < -0.4 is 5.73 Å². The van der Waals surface area contributed by atoms with Crippen LogP contribution in [0, 0.1) is 11.8 Å². The Hall–Kier alpha value is -0.120. The highest BCUT2D eigenvalue weighted by Gasteiger charge is 2.27. The SMILES string of the molecule is CC(C)C[C@@H]1CN(CCCN)CC[C@H]1O. The Morgan fingerprint density at radius 3 is 2.80 bits per heavy atom.